The van der Waals surface area contributed by atoms with E-state index in [0.29, 0.717) is 19.3 Å². The van der Waals surface area contributed by atoms with Gasteiger partial charge in [-0.1, -0.05) is 6.42 Å². The van der Waals surface area contributed by atoms with E-state index in [0.717, 1.165) is 12.8 Å². The molecule has 1 rings (SSSR count). The van der Waals surface area contributed by atoms with Crippen molar-refractivity contribution >= 4 is 11.8 Å². The number of esters is 1. The Bertz CT molecular complexity index is 249. The van der Waals surface area contributed by atoms with Crippen molar-refractivity contribution in [1.29, 1.82) is 0 Å². The smallest absolute Gasteiger partial charge is 0.306 e. The fourth-order valence-electron chi connectivity index (χ4n) is 1.90. The summed E-state index contributed by atoms with van der Waals surface area (Å²) in [6.07, 6.45) is 3.08. The summed E-state index contributed by atoms with van der Waals surface area (Å²) in [6, 6.07) is 0. The Kier molecular flexibility index (Phi) is 5.46. The van der Waals surface area contributed by atoms with Crippen molar-refractivity contribution in [1.82, 2.24) is 0 Å². The molecule has 4 heteroatoms. The van der Waals surface area contributed by atoms with Crippen molar-refractivity contribution in [2.24, 2.45) is 0 Å². The molecule has 0 bridgehead atoms. The number of cyclic esters (lactones) is 1. The molecule has 1 fully saturated rings. The number of hydrogen-bond acceptors (Lipinski definition) is 4. The maximum absolute atomic E-state index is 11.3. The van der Waals surface area contributed by atoms with Crippen LogP contribution in [0.15, 0.2) is 0 Å². The normalized spacial score (nSPS) is 30.1. The number of carbonyl (C=O) groups excluding carboxylic acids is 2. The van der Waals surface area contributed by atoms with E-state index >= 15 is 0 Å². The molecule has 0 radical (unpaired) electrons. The molecule has 0 aromatic carbocycles. The fraction of sp³-hybridized carbons (Fsp3) is 0.833. The van der Waals surface area contributed by atoms with Crippen LogP contribution in [-0.4, -0.2) is 29.1 Å². The van der Waals surface area contributed by atoms with Gasteiger partial charge in [0.2, 0.25) is 0 Å². The molecule has 1 heterocycles. The van der Waals surface area contributed by atoms with E-state index in [2.05, 4.69) is 0 Å². The molecule has 1 saturated heterocycles. The number of carbonyl (C=O) groups is 2. The molecule has 0 aliphatic carbocycles. The van der Waals surface area contributed by atoms with Gasteiger partial charge in [0.05, 0.1) is 12.5 Å². The van der Waals surface area contributed by atoms with E-state index in [1.165, 1.54) is 0 Å². The Balaban J connectivity index is 2.47. The number of aliphatic hydroxyl groups is 1. The molecule has 2 unspecified atom stereocenters. The summed E-state index contributed by atoms with van der Waals surface area (Å²) < 4.78 is 5.09. The Morgan fingerprint density at radius 2 is 1.94 bits per heavy atom. The van der Waals surface area contributed by atoms with Crippen LogP contribution in [0.25, 0.3) is 0 Å². The molecule has 1 N–H and O–H groups in total. The predicted octanol–water partition coefficient (Wildman–Crippen LogP) is 1.59. The minimum atomic E-state index is -0.433. The SMILES string of the molecule is CC1CC(O)CCCCC(=O)CCC(=O)O1. The second-order valence-electron chi connectivity index (χ2n) is 4.47. The van der Waals surface area contributed by atoms with Crippen molar-refractivity contribution in [3.63, 3.8) is 0 Å². The summed E-state index contributed by atoms with van der Waals surface area (Å²) >= 11 is 0. The van der Waals surface area contributed by atoms with Crippen molar-refractivity contribution < 1.29 is 19.4 Å². The molecule has 0 saturated carbocycles. The third kappa shape index (κ3) is 5.26. The summed E-state index contributed by atoms with van der Waals surface area (Å²) in [6.45, 7) is 1.77. The molecule has 92 valence electrons. The second kappa shape index (κ2) is 6.63. The third-order valence-corrected chi connectivity index (χ3v) is 2.79. The fourth-order valence-corrected chi connectivity index (χ4v) is 1.90. The molecule has 0 spiro atoms. The Labute approximate surface area is 96.0 Å². The maximum Gasteiger partial charge on any atom is 0.306 e. The van der Waals surface area contributed by atoms with Crippen molar-refractivity contribution in [3.8, 4) is 0 Å². The molecule has 0 aromatic rings. The molecule has 16 heavy (non-hydrogen) atoms. The van der Waals surface area contributed by atoms with Gasteiger partial charge in [-0.15, -0.1) is 0 Å². The molecule has 1 aliphatic heterocycles. The number of Topliss-reactive ketones (excluding diaryl/α,β-unsaturated/α-hetero) is 1. The van der Waals surface area contributed by atoms with Gasteiger partial charge in [0.1, 0.15) is 11.9 Å². The van der Waals surface area contributed by atoms with E-state index in [9.17, 15) is 14.7 Å². The van der Waals surface area contributed by atoms with Gasteiger partial charge in [-0.3, -0.25) is 9.59 Å². The molecular formula is C12H20O4. The van der Waals surface area contributed by atoms with Crippen LogP contribution < -0.4 is 0 Å². The Morgan fingerprint density at radius 3 is 2.69 bits per heavy atom. The molecule has 2 atom stereocenters. The Morgan fingerprint density at radius 1 is 1.19 bits per heavy atom. The first-order valence-corrected chi connectivity index (χ1v) is 5.97. The first-order chi connectivity index (χ1) is 7.58. The summed E-state index contributed by atoms with van der Waals surface area (Å²) in [5.41, 5.74) is 0. The van der Waals surface area contributed by atoms with Crippen LogP contribution in [-0.2, 0) is 14.3 Å². The first-order valence-electron chi connectivity index (χ1n) is 5.97. The quantitative estimate of drug-likeness (QED) is 0.639. The van der Waals surface area contributed by atoms with Crippen LogP contribution in [0, 0.1) is 0 Å². The van der Waals surface area contributed by atoms with Gasteiger partial charge >= 0.3 is 5.97 Å². The molecule has 4 nitrogen and oxygen atoms in total. The average Bonchev–Trinajstić information content (AvgIpc) is 2.20. The predicted molar refractivity (Wildman–Crippen MR) is 58.9 cm³/mol. The van der Waals surface area contributed by atoms with Crippen LogP contribution in [0.5, 0.6) is 0 Å². The highest BCUT2D eigenvalue weighted by Crippen LogP contribution is 2.14. The zero-order valence-corrected chi connectivity index (χ0v) is 9.78. The van der Waals surface area contributed by atoms with Crippen LogP contribution >= 0.6 is 0 Å². The zero-order chi connectivity index (χ0) is 12.0. The van der Waals surface area contributed by atoms with Crippen molar-refractivity contribution in [2.75, 3.05) is 0 Å². The summed E-state index contributed by atoms with van der Waals surface area (Å²) in [5, 5.41) is 9.64. The van der Waals surface area contributed by atoms with Gasteiger partial charge in [-0.2, -0.15) is 0 Å². The highest BCUT2D eigenvalue weighted by molar-refractivity contribution is 5.82. The summed E-state index contributed by atoms with van der Waals surface area (Å²) in [5.74, 6) is -0.228. The lowest BCUT2D eigenvalue weighted by Gasteiger charge is -2.18. The second-order valence-corrected chi connectivity index (χ2v) is 4.47. The van der Waals surface area contributed by atoms with Crippen molar-refractivity contribution in [2.45, 2.75) is 64.1 Å². The highest BCUT2D eigenvalue weighted by atomic mass is 16.5. The molecular weight excluding hydrogens is 208 g/mol. The number of rotatable bonds is 0. The molecule has 0 amide bonds. The van der Waals surface area contributed by atoms with Crippen LogP contribution in [0.4, 0.5) is 0 Å². The lowest BCUT2D eigenvalue weighted by molar-refractivity contribution is -0.150. The number of hydrogen-bond donors (Lipinski definition) is 1. The standard InChI is InChI=1S/C12H20O4/c1-9-8-11(14)5-3-2-4-10(13)6-7-12(15)16-9/h9,11,14H,2-8H2,1H3. The van der Waals surface area contributed by atoms with Crippen LogP contribution in [0.3, 0.4) is 0 Å². The number of aliphatic hydroxyl groups excluding tert-OH is 1. The summed E-state index contributed by atoms with van der Waals surface area (Å²) in [4.78, 5) is 22.6. The van der Waals surface area contributed by atoms with E-state index < -0.39 is 6.10 Å². The monoisotopic (exact) mass is 228 g/mol. The van der Waals surface area contributed by atoms with E-state index in [-0.39, 0.29) is 30.7 Å². The van der Waals surface area contributed by atoms with Gasteiger partial charge in [0.25, 0.3) is 0 Å². The highest BCUT2D eigenvalue weighted by Gasteiger charge is 2.16. The Hall–Kier alpha value is -0.900. The van der Waals surface area contributed by atoms with E-state index in [1.807, 2.05) is 0 Å². The lowest BCUT2D eigenvalue weighted by atomic mass is 10.0. The van der Waals surface area contributed by atoms with Crippen LogP contribution in [0.2, 0.25) is 0 Å². The minimum absolute atomic E-state index is 0.111. The lowest BCUT2D eigenvalue weighted by Crippen LogP contribution is -2.22. The summed E-state index contributed by atoms with van der Waals surface area (Å²) in [7, 11) is 0. The van der Waals surface area contributed by atoms with Gasteiger partial charge < -0.3 is 9.84 Å². The minimum Gasteiger partial charge on any atom is -0.463 e. The van der Waals surface area contributed by atoms with Gasteiger partial charge in [-0.25, -0.2) is 0 Å². The van der Waals surface area contributed by atoms with E-state index in [4.69, 9.17) is 4.74 Å². The topological polar surface area (TPSA) is 63.6 Å². The maximum atomic E-state index is 11.3. The van der Waals surface area contributed by atoms with E-state index in [1.54, 1.807) is 6.92 Å². The van der Waals surface area contributed by atoms with Crippen LogP contribution in [0.1, 0.15) is 51.9 Å². The zero-order valence-electron chi connectivity index (χ0n) is 9.78. The average molecular weight is 228 g/mol. The van der Waals surface area contributed by atoms with Gasteiger partial charge in [0, 0.05) is 19.3 Å². The first kappa shape index (κ1) is 13.2. The van der Waals surface area contributed by atoms with Gasteiger partial charge in [0.15, 0.2) is 0 Å². The molecule has 0 aromatic heterocycles. The third-order valence-electron chi connectivity index (χ3n) is 2.79. The molecule has 1 aliphatic rings. The number of ketones is 1. The van der Waals surface area contributed by atoms with Crippen molar-refractivity contribution in [3.05, 3.63) is 0 Å². The largest absolute Gasteiger partial charge is 0.463 e. The van der Waals surface area contributed by atoms with Gasteiger partial charge in [-0.05, 0) is 19.8 Å². The number of ether oxygens (including phenoxy) is 1.